The second-order valence-corrected chi connectivity index (χ2v) is 8.87. The van der Waals surface area contributed by atoms with Gasteiger partial charge in [0.2, 0.25) is 5.91 Å². The number of carbonyl (C=O) groups is 1. The summed E-state index contributed by atoms with van der Waals surface area (Å²) < 4.78 is 28.6. The molecule has 0 bridgehead atoms. The Morgan fingerprint density at radius 2 is 2.00 bits per heavy atom. The summed E-state index contributed by atoms with van der Waals surface area (Å²) >= 11 is 0. The van der Waals surface area contributed by atoms with Crippen LogP contribution in [0.25, 0.3) is 0 Å². The minimum atomic E-state index is -2.84. The summed E-state index contributed by atoms with van der Waals surface area (Å²) in [4.78, 5) is 14.3. The van der Waals surface area contributed by atoms with E-state index in [1.807, 2.05) is 24.3 Å². The topological polar surface area (TPSA) is 75.7 Å². The lowest BCUT2D eigenvalue weighted by Gasteiger charge is -2.23. The van der Waals surface area contributed by atoms with E-state index in [2.05, 4.69) is 10.2 Å². The van der Waals surface area contributed by atoms with Crippen LogP contribution in [0.1, 0.15) is 18.4 Å². The van der Waals surface area contributed by atoms with Gasteiger partial charge in [-0.2, -0.15) is 0 Å². The molecular weight excluding hydrogens is 328 g/mol. The minimum Gasteiger partial charge on any atom is -0.492 e. The molecule has 0 aliphatic carbocycles. The normalized spacial score (nSPS) is 21.3. The van der Waals surface area contributed by atoms with Crippen LogP contribution in [0.4, 0.5) is 0 Å². The number of benzene rings is 1. The standard InChI is InChI=1S/C17H24N2O4S/c20-17(18-11-14-5-9-24(21,22)10-6-14)13-19-7-8-23-16-4-2-1-3-15(16)12-19/h1-4,14H,5-13H2,(H,18,20). The summed E-state index contributed by atoms with van der Waals surface area (Å²) in [5, 5.41) is 2.96. The van der Waals surface area contributed by atoms with Crippen molar-refractivity contribution in [2.75, 3.05) is 37.7 Å². The lowest BCUT2D eigenvalue weighted by Crippen LogP contribution is -2.40. The molecule has 24 heavy (non-hydrogen) atoms. The quantitative estimate of drug-likeness (QED) is 0.868. The van der Waals surface area contributed by atoms with Crippen LogP contribution in [-0.2, 0) is 21.2 Å². The fraction of sp³-hybridized carbons (Fsp3) is 0.588. The van der Waals surface area contributed by atoms with Crippen molar-refractivity contribution in [2.45, 2.75) is 19.4 Å². The van der Waals surface area contributed by atoms with Gasteiger partial charge in [-0.15, -0.1) is 0 Å². The van der Waals surface area contributed by atoms with Gasteiger partial charge < -0.3 is 10.1 Å². The molecule has 0 atom stereocenters. The molecule has 0 aromatic heterocycles. The molecule has 3 rings (SSSR count). The first-order valence-electron chi connectivity index (χ1n) is 8.42. The molecule has 0 unspecified atom stereocenters. The molecule has 1 N–H and O–H groups in total. The Bertz CT molecular complexity index is 676. The minimum absolute atomic E-state index is 0.0113. The summed E-state index contributed by atoms with van der Waals surface area (Å²) in [6.45, 7) is 2.89. The predicted octanol–water partition coefficient (Wildman–Crippen LogP) is 0.822. The van der Waals surface area contributed by atoms with Crippen LogP contribution in [-0.4, -0.2) is 57.0 Å². The van der Waals surface area contributed by atoms with Crippen molar-refractivity contribution in [3.05, 3.63) is 29.8 Å². The average molecular weight is 352 g/mol. The number of hydrogen-bond donors (Lipinski definition) is 1. The van der Waals surface area contributed by atoms with E-state index in [1.165, 1.54) is 0 Å². The van der Waals surface area contributed by atoms with Crippen LogP contribution in [0, 0.1) is 5.92 Å². The Kier molecular flexibility index (Phi) is 5.40. The molecule has 7 heteroatoms. The lowest BCUT2D eigenvalue weighted by molar-refractivity contribution is -0.122. The highest BCUT2D eigenvalue weighted by Gasteiger charge is 2.24. The molecule has 1 fully saturated rings. The van der Waals surface area contributed by atoms with E-state index < -0.39 is 9.84 Å². The first kappa shape index (κ1) is 17.2. The Labute approximate surface area is 143 Å². The Morgan fingerprint density at radius 3 is 2.79 bits per heavy atom. The van der Waals surface area contributed by atoms with E-state index in [0.717, 1.165) is 11.3 Å². The van der Waals surface area contributed by atoms with Crippen LogP contribution >= 0.6 is 0 Å². The number of ether oxygens (including phenoxy) is 1. The second-order valence-electron chi connectivity index (χ2n) is 6.57. The molecule has 1 aromatic carbocycles. The van der Waals surface area contributed by atoms with Crippen LogP contribution in [0.15, 0.2) is 24.3 Å². The van der Waals surface area contributed by atoms with Gasteiger partial charge in [0, 0.05) is 25.2 Å². The summed E-state index contributed by atoms with van der Waals surface area (Å²) in [7, 11) is -2.84. The number of amides is 1. The molecule has 132 valence electrons. The van der Waals surface area contributed by atoms with Gasteiger partial charge in [0.1, 0.15) is 22.2 Å². The smallest absolute Gasteiger partial charge is 0.234 e. The van der Waals surface area contributed by atoms with E-state index in [-0.39, 0.29) is 23.3 Å². The summed E-state index contributed by atoms with van der Waals surface area (Å²) in [6.07, 6.45) is 1.29. The van der Waals surface area contributed by atoms with Crippen LogP contribution in [0.5, 0.6) is 5.75 Å². The maximum absolute atomic E-state index is 12.2. The second kappa shape index (κ2) is 7.53. The fourth-order valence-electron chi connectivity index (χ4n) is 3.18. The largest absolute Gasteiger partial charge is 0.492 e. The zero-order chi connectivity index (χ0) is 17.0. The van der Waals surface area contributed by atoms with E-state index in [0.29, 0.717) is 45.6 Å². The maximum atomic E-state index is 12.2. The fourth-order valence-corrected chi connectivity index (χ4v) is 4.76. The lowest BCUT2D eigenvalue weighted by atomic mass is 10.0. The van der Waals surface area contributed by atoms with Gasteiger partial charge in [-0.3, -0.25) is 9.69 Å². The molecule has 1 amide bonds. The number of nitrogens with zero attached hydrogens (tertiary/aromatic N) is 1. The predicted molar refractivity (Wildman–Crippen MR) is 91.6 cm³/mol. The van der Waals surface area contributed by atoms with Crippen molar-refractivity contribution in [2.24, 2.45) is 5.92 Å². The van der Waals surface area contributed by atoms with Crippen molar-refractivity contribution in [1.29, 1.82) is 0 Å². The molecule has 2 heterocycles. The van der Waals surface area contributed by atoms with E-state index in [1.54, 1.807) is 0 Å². The highest BCUT2D eigenvalue weighted by atomic mass is 32.2. The zero-order valence-corrected chi connectivity index (χ0v) is 14.6. The Balaban J connectivity index is 1.45. The molecule has 1 saturated heterocycles. The van der Waals surface area contributed by atoms with Gasteiger partial charge in [-0.25, -0.2) is 8.42 Å². The average Bonchev–Trinajstić information content (AvgIpc) is 2.75. The summed E-state index contributed by atoms with van der Waals surface area (Å²) in [6, 6.07) is 7.90. The third kappa shape index (κ3) is 4.70. The molecule has 1 aromatic rings. The summed E-state index contributed by atoms with van der Waals surface area (Å²) in [5.41, 5.74) is 1.10. The third-order valence-corrected chi connectivity index (χ3v) is 6.38. The first-order valence-corrected chi connectivity index (χ1v) is 10.2. The van der Waals surface area contributed by atoms with E-state index in [9.17, 15) is 13.2 Å². The molecular formula is C17H24N2O4S. The van der Waals surface area contributed by atoms with Crippen molar-refractivity contribution >= 4 is 15.7 Å². The van der Waals surface area contributed by atoms with Crippen LogP contribution in [0.3, 0.4) is 0 Å². The first-order chi connectivity index (χ1) is 11.5. The molecule has 0 spiro atoms. The van der Waals surface area contributed by atoms with Crippen molar-refractivity contribution in [1.82, 2.24) is 10.2 Å². The number of fused-ring (bicyclic) bond motifs is 1. The van der Waals surface area contributed by atoms with Crippen LogP contribution < -0.4 is 10.1 Å². The van der Waals surface area contributed by atoms with E-state index >= 15 is 0 Å². The number of sulfone groups is 1. The molecule has 2 aliphatic rings. The van der Waals surface area contributed by atoms with Crippen LogP contribution in [0.2, 0.25) is 0 Å². The molecule has 0 radical (unpaired) electrons. The third-order valence-electron chi connectivity index (χ3n) is 4.66. The molecule has 6 nitrogen and oxygen atoms in total. The SMILES string of the molecule is O=C(CN1CCOc2ccccc2C1)NCC1CCS(=O)(=O)CC1. The monoisotopic (exact) mass is 352 g/mol. The maximum Gasteiger partial charge on any atom is 0.234 e. The molecule has 2 aliphatic heterocycles. The number of hydrogen-bond acceptors (Lipinski definition) is 5. The number of rotatable bonds is 4. The van der Waals surface area contributed by atoms with Gasteiger partial charge in [0.25, 0.3) is 0 Å². The van der Waals surface area contributed by atoms with Gasteiger partial charge >= 0.3 is 0 Å². The van der Waals surface area contributed by atoms with Gasteiger partial charge in [-0.05, 0) is 24.8 Å². The van der Waals surface area contributed by atoms with Crippen molar-refractivity contribution in [3.63, 3.8) is 0 Å². The van der Waals surface area contributed by atoms with Gasteiger partial charge in [0.05, 0.1) is 18.1 Å². The highest BCUT2D eigenvalue weighted by molar-refractivity contribution is 7.91. The van der Waals surface area contributed by atoms with Gasteiger partial charge in [-0.1, -0.05) is 18.2 Å². The zero-order valence-electron chi connectivity index (χ0n) is 13.7. The number of nitrogens with one attached hydrogen (secondary N) is 1. The van der Waals surface area contributed by atoms with Crippen molar-refractivity contribution < 1.29 is 17.9 Å². The number of carbonyl (C=O) groups excluding carboxylic acids is 1. The summed E-state index contributed by atoms with van der Waals surface area (Å²) in [5.74, 6) is 1.64. The number of para-hydroxylation sites is 1. The van der Waals surface area contributed by atoms with Crippen molar-refractivity contribution in [3.8, 4) is 5.75 Å². The van der Waals surface area contributed by atoms with E-state index in [4.69, 9.17) is 4.74 Å². The molecule has 0 saturated carbocycles. The highest BCUT2D eigenvalue weighted by Crippen LogP contribution is 2.22. The Morgan fingerprint density at radius 1 is 1.25 bits per heavy atom. The van der Waals surface area contributed by atoms with Gasteiger partial charge in [0.15, 0.2) is 0 Å². The Hall–Kier alpha value is -1.60.